The molecule has 1 unspecified atom stereocenters. The van der Waals surface area contributed by atoms with Crippen LogP contribution in [-0.2, 0) is 4.74 Å². The Bertz CT molecular complexity index is 1540. The van der Waals surface area contributed by atoms with Crippen LogP contribution in [0.1, 0.15) is 63.5 Å². The summed E-state index contributed by atoms with van der Waals surface area (Å²) >= 11 is 0. The molecule has 0 fully saturated rings. The van der Waals surface area contributed by atoms with E-state index in [0.717, 1.165) is 63.9 Å². The maximum Gasteiger partial charge on any atom is 0.338 e. The second-order valence-electron chi connectivity index (χ2n) is 10.2. The first-order valence-corrected chi connectivity index (χ1v) is 13.6. The second kappa shape index (κ2) is 10.9. The van der Waals surface area contributed by atoms with Gasteiger partial charge in [-0.25, -0.2) is 4.79 Å². The van der Waals surface area contributed by atoms with Crippen molar-refractivity contribution in [2.45, 2.75) is 40.5 Å². The standard InChI is InChI=1S/C34H36N2O3/c1-7-36(8-2)24-14-15-27-32(19-24)39-31-18-23(5)30(35-29-16-13-21(3)17-22(29)4)20-28(31)33(27)25-11-9-10-12-26(25)34(37)38-6/h9-20,33,35H,7-8H2,1-6H3. The zero-order chi connectivity index (χ0) is 27.7. The molecule has 1 aliphatic heterocycles. The van der Waals surface area contributed by atoms with Gasteiger partial charge in [-0.05, 0) is 81.6 Å². The van der Waals surface area contributed by atoms with Gasteiger partial charge in [0.05, 0.1) is 12.7 Å². The highest BCUT2D eigenvalue weighted by atomic mass is 16.5. The summed E-state index contributed by atoms with van der Waals surface area (Å²) in [5.41, 5.74) is 10.2. The van der Waals surface area contributed by atoms with Gasteiger partial charge in [0.1, 0.15) is 11.5 Å². The average Bonchev–Trinajstić information content (AvgIpc) is 2.94. The van der Waals surface area contributed by atoms with E-state index in [1.165, 1.54) is 18.2 Å². The Kier molecular flexibility index (Phi) is 7.34. The molecule has 4 aromatic rings. The van der Waals surface area contributed by atoms with Crippen LogP contribution in [0.2, 0.25) is 0 Å². The van der Waals surface area contributed by atoms with Gasteiger partial charge in [0, 0.05) is 53.3 Å². The number of anilines is 3. The first-order valence-electron chi connectivity index (χ1n) is 13.6. The molecule has 4 aromatic carbocycles. The summed E-state index contributed by atoms with van der Waals surface area (Å²) in [7, 11) is 1.43. The molecule has 5 rings (SSSR count). The topological polar surface area (TPSA) is 50.8 Å². The highest BCUT2D eigenvalue weighted by Crippen LogP contribution is 2.50. The smallest absolute Gasteiger partial charge is 0.338 e. The van der Waals surface area contributed by atoms with E-state index < -0.39 is 0 Å². The lowest BCUT2D eigenvalue weighted by molar-refractivity contribution is 0.0599. The lowest BCUT2D eigenvalue weighted by Crippen LogP contribution is -2.22. The Labute approximate surface area is 231 Å². The molecule has 1 heterocycles. The molecule has 0 saturated heterocycles. The van der Waals surface area contributed by atoms with Crippen LogP contribution in [0, 0.1) is 20.8 Å². The fraction of sp³-hybridized carbons (Fsp3) is 0.265. The summed E-state index contributed by atoms with van der Waals surface area (Å²) in [6.07, 6.45) is 0. The minimum absolute atomic E-state index is 0.204. The van der Waals surface area contributed by atoms with Gasteiger partial charge in [0.25, 0.3) is 0 Å². The van der Waals surface area contributed by atoms with Crippen LogP contribution in [0.4, 0.5) is 17.1 Å². The number of rotatable bonds is 7. The Morgan fingerprint density at radius 2 is 1.54 bits per heavy atom. The summed E-state index contributed by atoms with van der Waals surface area (Å²) in [4.78, 5) is 15.2. The molecule has 1 aliphatic rings. The molecule has 0 spiro atoms. The number of ether oxygens (including phenoxy) is 2. The maximum absolute atomic E-state index is 12.9. The van der Waals surface area contributed by atoms with Crippen LogP contribution in [0.5, 0.6) is 11.5 Å². The van der Waals surface area contributed by atoms with Gasteiger partial charge in [-0.1, -0.05) is 42.0 Å². The quantitative estimate of drug-likeness (QED) is 0.219. The third-order valence-corrected chi connectivity index (χ3v) is 7.65. The van der Waals surface area contributed by atoms with E-state index in [4.69, 9.17) is 9.47 Å². The van der Waals surface area contributed by atoms with E-state index in [0.29, 0.717) is 5.56 Å². The Balaban J connectivity index is 1.69. The largest absolute Gasteiger partial charge is 0.465 e. The summed E-state index contributed by atoms with van der Waals surface area (Å²) in [5.74, 6) is 1.06. The highest BCUT2D eigenvalue weighted by molar-refractivity contribution is 5.92. The van der Waals surface area contributed by atoms with E-state index >= 15 is 0 Å². The van der Waals surface area contributed by atoms with Crippen molar-refractivity contribution in [2.24, 2.45) is 0 Å². The van der Waals surface area contributed by atoms with Gasteiger partial charge in [0.2, 0.25) is 0 Å². The molecule has 1 N–H and O–H groups in total. The molecule has 5 nitrogen and oxygen atoms in total. The first-order chi connectivity index (χ1) is 18.8. The fourth-order valence-electron chi connectivity index (χ4n) is 5.55. The van der Waals surface area contributed by atoms with Crippen molar-refractivity contribution >= 4 is 23.0 Å². The Hall–Kier alpha value is -4.25. The Morgan fingerprint density at radius 3 is 2.26 bits per heavy atom. The third kappa shape index (κ3) is 4.97. The number of nitrogens with one attached hydrogen (secondary N) is 1. The first kappa shape index (κ1) is 26.4. The number of nitrogens with zero attached hydrogens (tertiary/aromatic N) is 1. The van der Waals surface area contributed by atoms with Crippen LogP contribution < -0.4 is 15.0 Å². The normalized spacial score (nSPS) is 13.6. The van der Waals surface area contributed by atoms with Gasteiger partial charge < -0.3 is 19.7 Å². The summed E-state index contributed by atoms with van der Waals surface area (Å²) < 4.78 is 11.8. The number of hydrogen-bond donors (Lipinski definition) is 1. The van der Waals surface area contributed by atoms with Crippen molar-refractivity contribution in [3.63, 3.8) is 0 Å². The molecular formula is C34H36N2O3. The van der Waals surface area contributed by atoms with Gasteiger partial charge in [-0.15, -0.1) is 0 Å². The number of methoxy groups -OCH3 is 1. The number of fused-ring (bicyclic) bond motifs is 2. The molecule has 0 amide bonds. The van der Waals surface area contributed by atoms with Crippen LogP contribution in [0.15, 0.2) is 72.8 Å². The third-order valence-electron chi connectivity index (χ3n) is 7.65. The monoisotopic (exact) mass is 520 g/mol. The van der Waals surface area contributed by atoms with Crippen molar-refractivity contribution < 1.29 is 14.3 Å². The van der Waals surface area contributed by atoms with E-state index in [1.807, 2.05) is 24.3 Å². The van der Waals surface area contributed by atoms with Gasteiger partial charge in [-0.2, -0.15) is 0 Å². The van der Waals surface area contributed by atoms with Crippen LogP contribution in [-0.4, -0.2) is 26.2 Å². The molecule has 5 heteroatoms. The van der Waals surface area contributed by atoms with Crippen LogP contribution in [0.3, 0.4) is 0 Å². The molecule has 0 aliphatic carbocycles. The summed E-state index contributed by atoms with van der Waals surface area (Å²) in [6.45, 7) is 12.4. The van der Waals surface area contributed by atoms with E-state index in [2.05, 4.69) is 93.4 Å². The summed E-state index contributed by atoms with van der Waals surface area (Å²) in [5, 5.41) is 3.65. The lowest BCUT2D eigenvalue weighted by Gasteiger charge is -2.32. The molecule has 200 valence electrons. The molecule has 0 aromatic heterocycles. The second-order valence-corrected chi connectivity index (χ2v) is 10.2. The van der Waals surface area contributed by atoms with E-state index in [9.17, 15) is 4.79 Å². The summed E-state index contributed by atoms with van der Waals surface area (Å²) in [6, 6.07) is 24.8. The molecule has 39 heavy (non-hydrogen) atoms. The van der Waals surface area contributed by atoms with Gasteiger partial charge >= 0.3 is 5.97 Å². The van der Waals surface area contributed by atoms with Crippen molar-refractivity contribution in [2.75, 3.05) is 30.4 Å². The zero-order valence-corrected chi connectivity index (χ0v) is 23.6. The number of aryl methyl sites for hydroxylation is 3. The van der Waals surface area contributed by atoms with E-state index in [1.54, 1.807) is 0 Å². The number of carbonyl (C=O) groups is 1. The minimum Gasteiger partial charge on any atom is -0.465 e. The molecular weight excluding hydrogens is 484 g/mol. The number of hydrogen-bond acceptors (Lipinski definition) is 5. The molecule has 0 saturated carbocycles. The number of carbonyl (C=O) groups excluding carboxylic acids is 1. The SMILES string of the molecule is CCN(CC)c1ccc2c(c1)Oc1cc(C)c(Nc3ccc(C)cc3C)cc1C2c1ccccc1C(=O)OC. The molecule has 1 atom stereocenters. The fourth-order valence-corrected chi connectivity index (χ4v) is 5.55. The Morgan fingerprint density at radius 1 is 0.821 bits per heavy atom. The van der Waals surface area contributed by atoms with Crippen LogP contribution >= 0.6 is 0 Å². The number of esters is 1. The van der Waals surface area contributed by atoms with Crippen molar-refractivity contribution in [1.82, 2.24) is 0 Å². The zero-order valence-electron chi connectivity index (χ0n) is 23.6. The molecule has 0 bridgehead atoms. The maximum atomic E-state index is 12.9. The van der Waals surface area contributed by atoms with Crippen LogP contribution in [0.25, 0.3) is 0 Å². The highest BCUT2D eigenvalue weighted by Gasteiger charge is 2.33. The van der Waals surface area contributed by atoms with Gasteiger partial charge in [-0.3, -0.25) is 0 Å². The minimum atomic E-state index is -0.347. The predicted molar refractivity (Wildman–Crippen MR) is 159 cm³/mol. The van der Waals surface area contributed by atoms with E-state index in [-0.39, 0.29) is 11.9 Å². The number of benzene rings is 4. The van der Waals surface area contributed by atoms with Gasteiger partial charge in [0.15, 0.2) is 0 Å². The predicted octanol–water partition coefficient (Wildman–Crippen LogP) is 8.27. The average molecular weight is 521 g/mol. The molecule has 0 radical (unpaired) electrons. The van der Waals surface area contributed by atoms with Crippen molar-refractivity contribution in [3.8, 4) is 11.5 Å². The van der Waals surface area contributed by atoms with Crippen molar-refractivity contribution in [3.05, 3.63) is 112 Å². The van der Waals surface area contributed by atoms with Crippen molar-refractivity contribution in [1.29, 1.82) is 0 Å². The lowest BCUT2D eigenvalue weighted by atomic mass is 9.80.